The van der Waals surface area contributed by atoms with Gasteiger partial charge in [-0.2, -0.15) is 0 Å². The molecule has 3 rings (SSSR count). The van der Waals surface area contributed by atoms with Gasteiger partial charge in [-0.25, -0.2) is 13.6 Å². The molecule has 0 saturated carbocycles. The van der Waals surface area contributed by atoms with Crippen LogP contribution >= 0.6 is 11.6 Å². The Morgan fingerprint density at radius 2 is 1.88 bits per heavy atom. The van der Waals surface area contributed by atoms with E-state index >= 15 is 4.39 Å². The molecule has 8 nitrogen and oxygen atoms in total. The van der Waals surface area contributed by atoms with E-state index in [4.69, 9.17) is 22.1 Å². The molecule has 1 aromatic heterocycles. The van der Waals surface area contributed by atoms with Gasteiger partial charge in [0.15, 0.2) is 5.83 Å². The van der Waals surface area contributed by atoms with Crippen LogP contribution < -0.4 is 15.8 Å². The number of benzene rings is 2. The van der Waals surface area contributed by atoms with Gasteiger partial charge in [0.25, 0.3) is 11.8 Å². The van der Waals surface area contributed by atoms with Crippen molar-refractivity contribution in [3.8, 4) is 28.0 Å². The summed E-state index contributed by atoms with van der Waals surface area (Å²) in [5, 5.41) is 11.3. The fourth-order valence-electron chi connectivity index (χ4n) is 3.21. The molecule has 3 aromatic rings. The number of nitrogens with two attached hydrogens (primary N) is 1. The molecule has 2 aromatic carbocycles. The van der Waals surface area contributed by atoms with Crippen LogP contribution in [0.2, 0.25) is 5.15 Å². The van der Waals surface area contributed by atoms with Crippen LogP contribution in [-0.4, -0.2) is 35.0 Å². The lowest BCUT2D eigenvalue weighted by Gasteiger charge is -2.12. The lowest BCUT2D eigenvalue weighted by molar-refractivity contribution is -0.114. The Labute approximate surface area is 190 Å². The zero-order valence-electron chi connectivity index (χ0n) is 17.0. The predicted molar refractivity (Wildman–Crippen MR) is 118 cm³/mol. The van der Waals surface area contributed by atoms with Gasteiger partial charge in [-0.15, -0.1) is 0 Å². The number of ether oxygens (including phenoxy) is 1. The van der Waals surface area contributed by atoms with E-state index in [9.17, 15) is 23.9 Å². The molecule has 0 aliphatic heterocycles. The fraction of sp³-hybridized carbons (Fsp3) is 0.0455. The second-order valence-corrected chi connectivity index (χ2v) is 7.08. The number of nitrogens with one attached hydrogen (secondary N) is 2. The van der Waals surface area contributed by atoms with Crippen LogP contribution in [0.15, 0.2) is 48.8 Å². The van der Waals surface area contributed by atoms with Crippen LogP contribution in [0, 0.1) is 5.82 Å². The molecule has 0 aliphatic rings. The average molecular weight is 476 g/mol. The number of H-pyrrole nitrogens is 1. The summed E-state index contributed by atoms with van der Waals surface area (Å²) in [5.74, 6) is -5.39. The molecule has 0 unspecified atom stereocenters. The molecule has 0 bridgehead atoms. The van der Waals surface area contributed by atoms with Crippen LogP contribution in [0.4, 0.5) is 14.5 Å². The topological polar surface area (TPSA) is 135 Å². The summed E-state index contributed by atoms with van der Waals surface area (Å²) in [6.45, 7) is 2.86. The maximum atomic E-state index is 15.0. The smallest absolute Gasteiger partial charge is 0.339 e. The van der Waals surface area contributed by atoms with E-state index in [1.165, 1.54) is 37.4 Å². The number of aromatic carboxylic acids is 1. The Morgan fingerprint density at radius 1 is 1.18 bits per heavy atom. The normalized spacial score (nSPS) is 10.5. The molecule has 0 spiro atoms. The third-order valence-electron chi connectivity index (χ3n) is 4.66. The number of anilines is 1. The van der Waals surface area contributed by atoms with Gasteiger partial charge in [0.2, 0.25) is 0 Å². The summed E-state index contributed by atoms with van der Waals surface area (Å²) in [5.41, 5.74) is 5.50. The van der Waals surface area contributed by atoms with Crippen molar-refractivity contribution in [2.45, 2.75) is 0 Å². The molecule has 5 N–H and O–H groups in total. The number of rotatable bonds is 7. The number of carbonyl (C=O) groups excluding carboxylic acids is 2. The van der Waals surface area contributed by atoms with Crippen molar-refractivity contribution in [2.75, 3.05) is 12.4 Å². The number of primary amides is 1. The van der Waals surface area contributed by atoms with Gasteiger partial charge in [-0.1, -0.05) is 24.2 Å². The number of hydrogen-bond acceptors (Lipinski definition) is 4. The number of aromatic amines is 1. The number of carboxylic acid groups (broad SMARTS) is 1. The van der Waals surface area contributed by atoms with Crippen molar-refractivity contribution in [3.05, 3.63) is 71.0 Å². The van der Waals surface area contributed by atoms with E-state index < -0.39 is 29.4 Å². The number of carbonyl (C=O) groups is 3. The molecule has 33 heavy (non-hydrogen) atoms. The molecule has 0 radical (unpaired) electrons. The molecule has 0 atom stereocenters. The standard InChI is InChI=1S/C22H16ClF2N3O5/c1-9(24)21(30)27-11-4-6-12(14(25)8-11)17-16(18(20(26)29)28-19(17)23)10-3-5-13(22(31)32)15(7-10)33-2/h3-8,28H,1H2,2H3,(H2,26,29)(H,27,30)(H,31,32). The van der Waals surface area contributed by atoms with Crippen molar-refractivity contribution in [3.63, 3.8) is 0 Å². The Bertz CT molecular complexity index is 1320. The van der Waals surface area contributed by atoms with E-state index in [2.05, 4.69) is 16.9 Å². The van der Waals surface area contributed by atoms with Crippen molar-refractivity contribution in [1.29, 1.82) is 0 Å². The highest BCUT2D eigenvalue weighted by Crippen LogP contribution is 2.43. The number of carboxylic acids is 1. The second-order valence-electron chi connectivity index (χ2n) is 6.70. The van der Waals surface area contributed by atoms with Gasteiger partial charge in [0, 0.05) is 22.4 Å². The number of halogens is 3. The molecule has 0 fully saturated rings. The number of aromatic nitrogens is 1. The maximum Gasteiger partial charge on any atom is 0.339 e. The molecule has 11 heteroatoms. The van der Waals surface area contributed by atoms with E-state index in [0.717, 1.165) is 6.07 Å². The Kier molecular flexibility index (Phi) is 6.50. The minimum absolute atomic E-state index is 0.0105. The highest BCUT2D eigenvalue weighted by molar-refractivity contribution is 6.34. The first kappa shape index (κ1) is 23.5. The molecule has 1 heterocycles. The molecule has 170 valence electrons. The molecular formula is C22H16ClF2N3O5. The summed E-state index contributed by atoms with van der Waals surface area (Å²) in [7, 11) is 1.27. The molecule has 2 amide bonds. The lowest BCUT2D eigenvalue weighted by atomic mass is 9.94. The van der Waals surface area contributed by atoms with Gasteiger partial charge < -0.3 is 25.9 Å². The first-order valence-corrected chi connectivity index (χ1v) is 9.51. The SMILES string of the molecule is C=C(F)C(=O)Nc1ccc(-c2c(Cl)[nH]c(C(N)=O)c2-c2ccc(C(=O)O)c(OC)c2)c(F)c1. The van der Waals surface area contributed by atoms with Gasteiger partial charge in [0.1, 0.15) is 28.0 Å². The van der Waals surface area contributed by atoms with E-state index in [0.29, 0.717) is 0 Å². The summed E-state index contributed by atoms with van der Waals surface area (Å²) in [6, 6.07) is 7.48. The third kappa shape index (κ3) is 4.55. The Morgan fingerprint density at radius 3 is 2.42 bits per heavy atom. The van der Waals surface area contributed by atoms with Crippen molar-refractivity contribution >= 4 is 35.1 Å². The monoisotopic (exact) mass is 475 g/mol. The quantitative estimate of drug-likeness (QED) is 0.376. The zero-order chi connectivity index (χ0) is 24.4. The van der Waals surface area contributed by atoms with Crippen LogP contribution in [0.1, 0.15) is 20.8 Å². The molecule has 0 aliphatic carbocycles. The maximum absolute atomic E-state index is 15.0. The summed E-state index contributed by atoms with van der Waals surface area (Å²) in [6.07, 6.45) is 0. The van der Waals surface area contributed by atoms with Gasteiger partial charge in [-0.05, 0) is 35.9 Å². The number of amides is 2. The van der Waals surface area contributed by atoms with Crippen molar-refractivity contribution < 1.29 is 33.0 Å². The summed E-state index contributed by atoms with van der Waals surface area (Å²) < 4.78 is 33.1. The third-order valence-corrected chi connectivity index (χ3v) is 4.95. The zero-order valence-corrected chi connectivity index (χ0v) is 17.7. The number of hydrogen-bond donors (Lipinski definition) is 4. The first-order valence-electron chi connectivity index (χ1n) is 9.13. The van der Waals surface area contributed by atoms with Crippen LogP contribution in [-0.2, 0) is 4.79 Å². The van der Waals surface area contributed by atoms with E-state index in [1.54, 1.807) is 0 Å². The average Bonchev–Trinajstić information content (AvgIpc) is 3.10. The summed E-state index contributed by atoms with van der Waals surface area (Å²) >= 11 is 6.29. The fourth-order valence-corrected chi connectivity index (χ4v) is 3.50. The van der Waals surface area contributed by atoms with Crippen LogP contribution in [0.25, 0.3) is 22.3 Å². The first-order chi connectivity index (χ1) is 15.5. The van der Waals surface area contributed by atoms with Gasteiger partial charge in [0.05, 0.1) is 7.11 Å². The Hall–Kier alpha value is -4.18. The van der Waals surface area contributed by atoms with E-state index in [-0.39, 0.29) is 50.1 Å². The summed E-state index contributed by atoms with van der Waals surface area (Å²) in [4.78, 5) is 37.5. The minimum Gasteiger partial charge on any atom is -0.496 e. The van der Waals surface area contributed by atoms with Crippen LogP contribution in [0.3, 0.4) is 0 Å². The molecular weight excluding hydrogens is 460 g/mol. The Balaban J connectivity index is 2.21. The number of methoxy groups -OCH3 is 1. The van der Waals surface area contributed by atoms with Crippen molar-refractivity contribution in [1.82, 2.24) is 4.98 Å². The predicted octanol–water partition coefficient (Wildman–Crippen LogP) is 4.37. The van der Waals surface area contributed by atoms with E-state index in [1.807, 2.05) is 0 Å². The highest BCUT2D eigenvalue weighted by Gasteiger charge is 2.26. The van der Waals surface area contributed by atoms with Crippen molar-refractivity contribution in [2.24, 2.45) is 5.73 Å². The van der Waals surface area contributed by atoms with Gasteiger partial charge >= 0.3 is 5.97 Å². The second kappa shape index (κ2) is 9.13. The highest BCUT2D eigenvalue weighted by atomic mass is 35.5. The van der Waals surface area contributed by atoms with Gasteiger partial charge in [-0.3, -0.25) is 9.59 Å². The minimum atomic E-state index is -1.25. The molecule has 0 saturated heterocycles. The lowest BCUT2D eigenvalue weighted by Crippen LogP contribution is -2.13. The van der Waals surface area contributed by atoms with Crippen LogP contribution in [0.5, 0.6) is 5.75 Å². The largest absolute Gasteiger partial charge is 0.496 e.